The second kappa shape index (κ2) is 4.72. The topological polar surface area (TPSA) is 66.8 Å². The number of hydrogen-bond acceptors (Lipinski definition) is 3. The lowest BCUT2D eigenvalue weighted by Gasteiger charge is -2.45. The first kappa shape index (κ1) is 13.9. The van der Waals surface area contributed by atoms with Crippen LogP contribution in [0.3, 0.4) is 0 Å². The van der Waals surface area contributed by atoms with E-state index in [1.165, 1.54) is 0 Å². The Balaban J connectivity index is 1.59. The Hall–Kier alpha value is -1.10. The van der Waals surface area contributed by atoms with Crippen LogP contribution in [0.25, 0.3) is 0 Å². The molecule has 3 aliphatic rings. The van der Waals surface area contributed by atoms with Crippen molar-refractivity contribution < 1.29 is 19.4 Å². The Morgan fingerprint density at radius 1 is 1.25 bits per heavy atom. The predicted molar refractivity (Wildman–Crippen MR) is 72.1 cm³/mol. The summed E-state index contributed by atoms with van der Waals surface area (Å²) in [7, 11) is 1.65. The fraction of sp³-hybridized carbons (Fsp3) is 0.867. The van der Waals surface area contributed by atoms with E-state index in [4.69, 9.17) is 9.84 Å². The first-order chi connectivity index (χ1) is 9.53. The number of rotatable bonds is 4. The third-order valence-corrected chi connectivity index (χ3v) is 5.72. The summed E-state index contributed by atoms with van der Waals surface area (Å²) < 4.78 is 5.24. The summed E-state index contributed by atoms with van der Waals surface area (Å²) in [5, 5.41) is 9.10. The van der Waals surface area contributed by atoms with E-state index in [0.29, 0.717) is 19.7 Å². The lowest BCUT2D eigenvalue weighted by Crippen LogP contribution is -2.52. The molecule has 5 nitrogen and oxygen atoms in total. The van der Waals surface area contributed by atoms with Crippen LogP contribution in [-0.2, 0) is 14.3 Å². The van der Waals surface area contributed by atoms with Crippen LogP contribution in [0.5, 0.6) is 0 Å². The highest BCUT2D eigenvalue weighted by Crippen LogP contribution is 2.59. The van der Waals surface area contributed by atoms with E-state index in [-0.39, 0.29) is 22.7 Å². The van der Waals surface area contributed by atoms with E-state index in [9.17, 15) is 9.59 Å². The van der Waals surface area contributed by atoms with Gasteiger partial charge < -0.3 is 14.7 Å². The normalized spacial score (nSPS) is 29.9. The maximum absolute atomic E-state index is 12.7. The maximum Gasteiger partial charge on any atom is 0.307 e. The van der Waals surface area contributed by atoms with Gasteiger partial charge in [-0.25, -0.2) is 0 Å². The summed E-state index contributed by atoms with van der Waals surface area (Å²) in [6, 6.07) is 0. The molecule has 3 rings (SSSR count). The van der Waals surface area contributed by atoms with E-state index >= 15 is 0 Å². The van der Waals surface area contributed by atoms with Crippen LogP contribution in [0.2, 0.25) is 0 Å². The van der Waals surface area contributed by atoms with Gasteiger partial charge in [-0.2, -0.15) is 0 Å². The van der Waals surface area contributed by atoms with Gasteiger partial charge in [-0.3, -0.25) is 9.59 Å². The van der Waals surface area contributed by atoms with Gasteiger partial charge in [0, 0.05) is 20.2 Å². The maximum atomic E-state index is 12.7. The van der Waals surface area contributed by atoms with Crippen molar-refractivity contribution >= 4 is 11.9 Å². The molecular formula is C15H23NO4. The second-order valence-corrected chi connectivity index (χ2v) is 6.82. The van der Waals surface area contributed by atoms with Gasteiger partial charge in [0.1, 0.15) is 0 Å². The first-order valence-electron chi connectivity index (χ1n) is 7.54. The molecule has 1 unspecified atom stereocenters. The SMILES string of the molecule is COCC1(C(=O)N2CCC3(CC2)CC3C(=O)O)CCC1. The number of carboxylic acids is 1. The van der Waals surface area contributed by atoms with E-state index in [1.807, 2.05) is 4.90 Å². The third-order valence-electron chi connectivity index (χ3n) is 5.72. The van der Waals surface area contributed by atoms with Gasteiger partial charge in [-0.15, -0.1) is 0 Å². The highest BCUT2D eigenvalue weighted by molar-refractivity contribution is 5.84. The summed E-state index contributed by atoms with van der Waals surface area (Å²) >= 11 is 0. The molecule has 1 saturated heterocycles. The van der Waals surface area contributed by atoms with E-state index in [0.717, 1.165) is 38.5 Å². The third kappa shape index (κ3) is 2.03. The fourth-order valence-electron chi connectivity index (χ4n) is 4.04. The van der Waals surface area contributed by atoms with Crippen molar-refractivity contribution in [2.45, 2.75) is 38.5 Å². The number of piperidine rings is 1. The molecule has 0 aromatic carbocycles. The van der Waals surface area contributed by atoms with Crippen LogP contribution >= 0.6 is 0 Å². The van der Waals surface area contributed by atoms with Crippen LogP contribution in [0.4, 0.5) is 0 Å². The standard InChI is InChI=1S/C15H23NO4/c1-20-10-15(3-2-4-15)13(19)16-7-5-14(6-8-16)9-11(14)12(17)18/h11H,2-10H2,1H3,(H,17,18). The lowest BCUT2D eigenvalue weighted by molar-refractivity contribution is -0.154. The zero-order chi connectivity index (χ0) is 14.4. The average molecular weight is 281 g/mol. The van der Waals surface area contributed by atoms with Crippen molar-refractivity contribution in [3.8, 4) is 0 Å². The Bertz CT molecular complexity index is 422. The summed E-state index contributed by atoms with van der Waals surface area (Å²) in [5.74, 6) is -0.607. The van der Waals surface area contributed by atoms with Crippen molar-refractivity contribution in [2.75, 3.05) is 26.8 Å². The Kier molecular flexibility index (Phi) is 3.27. The Labute approximate surface area is 119 Å². The molecular weight excluding hydrogens is 258 g/mol. The van der Waals surface area contributed by atoms with Gasteiger partial charge >= 0.3 is 5.97 Å². The average Bonchev–Trinajstić information content (AvgIpc) is 3.08. The molecule has 112 valence electrons. The second-order valence-electron chi connectivity index (χ2n) is 6.82. The van der Waals surface area contributed by atoms with Gasteiger partial charge in [0.25, 0.3) is 0 Å². The van der Waals surface area contributed by atoms with Crippen LogP contribution in [0, 0.1) is 16.7 Å². The number of carboxylic acid groups (broad SMARTS) is 1. The Morgan fingerprint density at radius 3 is 2.30 bits per heavy atom. The lowest BCUT2D eigenvalue weighted by atomic mass is 9.68. The number of methoxy groups -OCH3 is 1. The molecule has 1 aliphatic heterocycles. The number of carbonyl (C=O) groups excluding carboxylic acids is 1. The molecule has 1 heterocycles. The highest BCUT2D eigenvalue weighted by atomic mass is 16.5. The van der Waals surface area contributed by atoms with Gasteiger partial charge in [-0.05, 0) is 37.5 Å². The molecule has 0 aromatic rings. The van der Waals surface area contributed by atoms with Crippen LogP contribution in [0.15, 0.2) is 0 Å². The van der Waals surface area contributed by atoms with Crippen molar-refractivity contribution in [3.05, 3.63) is 0 Å². The number of aliphatic carboxylic acids is 1. The predicted octanol–water partition coefficient (Wildman–Crippen LogP) is 1.52. The molecule has 1 amide bonds. The number of nitrogens with zero attached hydrogens (tertiary/aromatic N) is 1. The Morgan fingerprint density at radius 2 is 1.90 bits per heavy atom. The molecule has 1 spiro atoms. The molecule has 2 aliphatic carbocycles. The zero-order valence-corrected chi connectivity index (χ0v) is 12.1. The minimum Gasteiger partial charge on any atom is -0.481 e. The fourth-order valence-corrected chi connectivity index (χ4v) is 4.04. The van der Waals surface area contributed by atoms with E-state index < -0.39 is 5.97 Å². The summed E-state index contributed by atoms with van der Waals surface area (Å²) in [5.41, 5.74) is -0.286. The van der Waals surface area contributed by atoms with Crippen molar-refractivity contribution in [1.29, 1.82) is 0 Å². The minimum absolute atomic E-state index is 0.00333. The number of amides is 1. The van der Waals surface area contributed by atoms with Crippen molar-refractivity contribution in [1.82, 2.24) is 4.90 Å². The number of hydrogen-bond donors (Lipinski definition) is 1. The molecule has 0 bridgehead atoms. The number of ether oxygens (including phenoxy) is 1. The summed E-state index contributed by atoms with van der Waals surface area (Å²) in [6.45, 7) is 1.95. The summed E-state index contributed by atoms with van der Waals surface area (Å²) in [4.78, 5) is 25.7. The van der Waals surface area contributed by atoms with E-state index in [1.54, 1.807) is 7.11 Å². The summed E-state index contributed by atoms with van der Waals surface area (Å²) in [6.07, 6.45) is 5.46. The smallest absolute Gasteiger partial charge is 0.307 e. The minimum atomic E-state index is -0.667. The monoisotopic (exact) mass is 281 g/mol. The molecule has 3 fully saturated rings. The van der Waals surface area contributed by atoms with E-state index in [2.05, 4.69) is 0 Å². The van der Waals surface area contributed by atoms with Gasteiger partial charge in [0.2, 0.25) is 5.91 Å². The largest absolute Gasteiger partial charge is 0.481 e. The van der Waals surface area contributed by atoms with Crippen molar-refractivity contribution in [2.24, 2.45) is 16.7 Å². The highest BCUT2D eigenvalue weighted by Gasteiger charge is 2.59. The van der Waals surface area contributed by atoms with Crippen LogP contribution in [0.1, 0.15) is 38.5 Å². The molecule has 0 radical (unpaired) electrons. The molecule has 5 heteroatoms. The van der Waals surface area contributed by atoms with Gasteiger partial charge in [0.05, 0.1) is 17.9 Å². The first-order valence-corrected chi connectivity index (χ1v) is 7.54. The number of likely N-dealkylation sites (tertiary alicyclic amines) is 1. The zero-order valence-electron chi connectivity index (χ0n) is 12.1. The molecule has 1 N–H and O–H groups in total. The molecule has 20 heavy (non-hydrogen) atoms. The van der Waals surface area contributed by atoms with Gasteiger partial charge in [-0.1, -0.05) is 6.42 Å². The van der Waals surface area contributed by atoms with Crippen LogP contribution in [-0.4, -0.2) is 48.7 Å². The molecule has 1 atom stereocenters. The molecule has 0 aromatic heterocycles. The van der Waals surface area contributed by atoms with Crippen molar-refractivity contribution in [3.63, 3.8) is 0 Å². The number of carbonyl (C=O) groups is 2. The van der Waals surface area contributed by atoms with Gasteiger partial charge in [0.15, 0.2) is 0 Å². The molecule has 2 saturated carbocycles. The quantitative estimate of drug-likeness (QED) is 0.848. The van der Waals surface area contributed by atoms with Crippen LogP contribution < -0.4 is 0 Å².